The summed E-state index contributed by atoms with van der Waals surface area (Å²) < 4.78 is 5.06. The molecule has 5 nitrogen and oxygen atoms in total. The van der Waals surface area contributed by atoms with Crippen LogP contribution in [0.3, 0.4) is 0 Å². The summed E-state index contributed by atoms with van der Waals surface area (Å²) in [5, 5.41) is 3.19. The van der Waals surface area contributed by atoms with Gasteiger partial charge in [-0.1, -0.05) is 0 Å². The first-order valence-electron chi connectivity index (χ1n) is 6.98. The number of Topliss-reactive ketones (excluding diaryl/α,β-unsaturated/α-hetero) is 1. The van der Waals surface area contributed by atoms with E-state index in [1.165, 1.54) is 6.08 Å². The van der Waals surface area contributed by atoms with Crippen molar-refractivity contribution in [2.45, 2.75) is 6.92 Å². The Morgan fingerprint density at radius 2 is 1.81 bits per heavy atom. The Kier molecular flexibility index (Phi) is 5.11. The molecule has 0 aromatic heterocycles. The van der Waals surface area contributed by atoms with Gasteiger partial charge in [0.1, 0.15) is 5.75 Å². The Morgan fingerprint density at radius 3 is 2.38 bits per heavy atom. The molecule has 2 rings (SSSR count). The monoisotopic (exact) mass is 288 g/mol. The maximum Gasteiger partial charge on any atom is 0.247 e. The highest BCUT2D eigenvalue weighted by Gasteiger charge is 2.16. The molecule has 5 heteroatoms. The number of piperazine rings is 1. The van der Waals surface area contributed by atoms with E-state index in [9.17, 15) is 9.59 Å². The maximum atomic E-state index is 12.3. The molecule has 112 valence electrons. The number of nitrogens with one attached hydrogen (secondary N) is 1. The van der Waals surface area contributed by atoms with E-state index in [4.69, 9.17) is 4.74 Å². The third-order valence-electron chi connectivity index (χ3n) is 3.48. The summed E-state index contributed by atoms with van der Waals surface area (Å²) in [5.41, 5.74) is 1.00. The molecule has 21 heavy (non-hydrogen) atoms. The van der Waals surface area contributed by atoms with Gasteiger partial charge in [-0.05, 0) is 31.2 Å². The number of ketones is 1. The SMILES string of the molecule is COc1ccc(C(=O)/C(C)=C/C(=O)N2CCNCC2)cc1. The van der Waals surface area contributed by atoms with Gasteiger partial charge in [0.05, 0.1) is 7.11 Å². The van der Waals surface area contributed by atoms with Crippen molar-refractivity contribution in [3.05, 3.63) is 41.5 Å². The summed E-state index contributed by atoms with van der Waals surface area (Å²) in [6.45, 7) is 4.63. The molecule has 0 atom stereocenters. The van der Waals surface area contributed by atoms with Gasteiger partial charge in [-0.3, -0.25) is 9.59 Å². The number of ether oxygens (including phenoxy) is 1. The van der Waals surface area contributed by atoms with Gasteiger partial charge in [-0.2, -0.15) is 0 Å². The van der Waals surface area contributed by atoms with Gasteiger partial charge >= 0.3 is 0 Å². The molecule has 1 N–H and O–H groups in total. The molecule has 0 bridgehead atoms. The Bertz CT molecular complexity index is 543. The second-order valence-electron chi connectivity index (χ2n) is 4.96. The van der Waals surface area contributed by atoms with Gasteiger partial charge < -0.3 is 15.0 Å². The topological polar surface area (TPSA) is 58.6 Å². The van der Waals surface area contributed by atoms with Gasteiger partial charge in [0, 0.05) is 43.4 Å². The quantitative estimate of drug-likeness (QED) is 0.669. The number of hydrogen-bond donors (Lipinski definition) is 1. The van der Waals surface area contributed by atoms with Crippen molar-refractivity contribution in [2.24, 2.45) is 0 Å². The van der Waals surface area contributed by atoms with Gasteiger partial charge in [0.25, 0.3) is 0 Å². The minimum atomic E-state index is -0.138. The summed E-state index contributed by atoms with van der Waals surface area (Å²) in [5.74, 6) is 0.460. The number of methoxy groups -OCH3 is 1. The average Bonchev–Trinajstić information content (AvgIpc) is 2.55. The summed E-state index contributed by atoms with van der Waals surface area (Å²) in [6.07, 6.45) is 1.43. The lowest BCUT2D eigenvalue weighted by Crippen LogP contribution is -2.46. The molecule has 1 heterocycles. The number of carbonyl (C=O) groups is 2. The molecule has 1 amide bonds. The van der Waals surface area contributed by atoms with Gasteiger partial charge in [-0.15, -0.1) is 0 Å². The number of nitrogens with zero attached hydrogens (tertiary/aromatic N) is 1. The molecule has 1 aliphatic rings. The average molecular weight is 288 g/mol. The molecule has 1 aromatic carbocycles. The third-order valence-corrected chi connectivity index (χ3v) is 3.48. The van der Waals surface area contributed by atoms with E-state index in [1.54, 1.807) is 43.2 Å². The van der Waals surface area contributed by atoms with Crippen LogP contribution in [0, 0.1) is 0 Å². The Balaban J connectivity index is 2.06. The Hall–Kier alpha value is -2.14. The summed E-state index contributed by atoms with van der Waals surface area (Å²) in [4.78, 5) is 26.1. The maximum absolute atomic E-state index is 12.3. The largest absolute Gasteiger partial charge is 0.497 e. The van der Waals surface area contributed by atoms with E-state index in [1.807, 2.05) is 0 Å². The molecule has 0 aliphatic carbocycles. The minimum Gasteiger partial charge on any atom is -0.497 e. The highest BCUT2D eigenvalue weighted by atomic mass is 16.5. The highest BCUT2D eigenvalue weighted by molar-refractivity contribution is 6.11. The van der Waals surface area contributed by atoms with Crippen molar-refractivity contribution < 1.29 is 14.3 Å². The van der Waals surface area contributed by atoms with Crippen LogP contribution in [-0.4, -0.2) is 49.9 Å². The van der Waals surface area contributed by atoms with Crippen LogP contribution in [0.5, 0.6) is 5.75 Å². The smallest absolute Gasteiger partial charge is 0.247 e. The van der Waals surface area contributed by atoms with Crippen LogP contribution in [0.4, 0.5) is 0 Å². The predicted molar refractivity (Wildman–Crippen MR) is 80.5 cm³/mol. The van der Waals surface area contributed by atoms with E-state index in [2.05, 4.69) is 5.32 Å². The molecular weight excluding hydrogens is 268 g/mol. The van der Waals surface area contributed by atoms with E-state index in [0.29, 0.717) is 30.0 Å². The highest BCUT2D eigenvalue weighted by Crippen LogP contribution is 2.14. The zero-order chi connectivity index (χ0) is 15.2. The standard InChI is InChI=1S/C16H20N2O3/c1-12(11-15(19)18-9-7-17-8-10-18)16(20)13-3-5-14(21-2)6-4-13/h3-6,11,17H,7-10H2,1-2H3/b12-11+. The first kappa shape index (κ1) is 15.3. The van der Waals surface area contributed by atoms with Crippen LogP contribution in [0.2, 0.25) is 0 Å². The first-order valence-corrected chi connectivity index (χ1v) is 6.98. The molecule has 0 unspecified atom stereocenters. The van der Waals surface area contributed by atoms with E-state index in [0.717, 1.165) is 13.1 Å². The third kappa shape index (κ3) is 3.92. The van der Waals surface area contributed by atoms with Crippen molar-refractivity contribution in [3.63, 3.8) is 0 Å². The van der Waals surface area contributed by atoms with Gasteiger partial charge in [-0.25, -0.2) is 0 Å². The summed E-state index contributed by atoms with van der Waals surface area (Å²) in [6, 6.07) is 6.87. The second-order valence-corrected chi connectivity index (χ2v) is 4.96. The van der Waals surface area contributed by atoms with Crippen LogP contribution in [-0.2, 0) is 4.79 Å². The number of hydrogen-bond acceptors (Lipinski definition) is 4. The molecule has 0 saturated carbocycles. The Labute approximate surface area is 124 Å². The van der Waals surface area contributed by atoms with Crippen LogP contribution in [0.15, 0.2) is 35.9 Å². The lowest BCUT2D eigenvalue weighted by Gasteiger charge is -2.26. The van der Waals surface area contributed by atoms with Crippen LogP contribution in [0.25, 0.3) is 0 Å². The van der Waals surface area contributed by atoms with Crippen molar-refractivity contribution >= 4 is 11.7 Å². The van der Waals surface area contributed by atoms with Crippen molar-refractivity contribution in [1.29, 1.82) is 0 Å². The van der Waals surface area contributed by atoms with E-state index >= 15 is 0 Å². The van der Waals surface area contributed by atoms with Gasteiger partial charge in [0.2, 0.25) is 5.91 Å². The van der Waals surface area contributed by atoms with Crippen LogP contribution >= 0.6 is 0 Å². The number of amides is 1. The Morgan fingerprint density at radius 1 is 1.19 bits per heavy atom. The van der Waals surface area contributed by atoms with Crippen molar-refractivity contribution in [1.82, 2.24) is 10.2 Å². The van der Waals surface area contributed by atoms with Crippen molar-refractivity contribution in [2.75, 3.05) is 33.3 Å². The van der Waals surface area contributed by atoms with E-state index < -0.39 is 0 Å². The zero-order valence-electron chi connectivity index (χ0n) is 12.4. The number of allylic oxidation sites excluding steroid dienone is 1. The first-order chi connectivity index (χ1) is 10.1. The molecule has 0 radical (unpaired) electrons. The molecule has 1 aliphatic heterocycles. The fourth-order valence-corrected chi connectivity index (χ4v) is 2.20. The summed E-state index contributed by atoms with van der Waals surface area (Å²) in [7, 11) is 1.58. The second kappa shape index (κ2) is 7.04. The lowest BCUT2D eigenvalue weighted by molar-refractivity contribution is -0.126. The predicted octanol–water partition coefficient (Wildman–Crippen LogP) is 1.26. The molecule has 1 aromatic rings. The zero-order valence-corrected chi connectivity index (χ0v) is 12.4. The normalized spacial score (nSPS) is 15.7. The fourth-order valence-electron chi connectivity index (χ4n) is 2.20. The van der Waals surface area contributed by atoms with Crippen molar-refractivity contribution in [3.8, 4) is 5.75 Å². The van der Waals surface area contributed by atoms with Crippen LogP contribution < -0.4 is 10.1 Å². The van der Waals surface area contributed by atoms with Crippen LogP contribution in [0.1, 0.15) is 17.3 Å². The molecule has 1 saturated heterocycles. The number of rotatable bonds is 4. The molecule has 1 fully saturated rings. The number of carbonyl (C=O) groups excluding carboxylic acids is 2. The summed E-state index contributed by atoms with van der Waals surface area (Å²) >= 11 is 0. The molecular formula is C16H20N2O3. The molecule has 0 spiro atoms. The van der Waals surface area contributed by atoms with Gasteiger partial charge in [0.15, 0.2) is 5.78 Å². The number of benzene rings is 1. The van der Waals surface area contributed by atoms with E-state index in [-0.39, 0.29) is 11.7 Å². The fraction of sp³-hybridized carbons (Fsp3) is 0.375. The minimum absolute atomic E-state index is 0.101. The lowest BCUT2D eigenvalue weighted by atomic mass is 10.0.